The van der Waals surface area contributed by atoms with Gasteiger partial charge in [-0.15, -0.1) is 0 Å². The Morgan fingerprint density at radius 3 is 2.67 bits per heavy atom. The van der Waals surface area contributed by atoms with E-state index in [9.17, 15) is 8.42 Å². The molecule has 0 bridgehead atoms. The summed E-state index contributed by atoms with van der Waals surface area (Å²) in [7, 11) is -3.84. The zero-order chi connectivity index (χ0) is 21.2. The average Bonchev–Trinajstić information content (AvgIpc) is 3.08. The summed E-state index contributed by atoms with van der Waals surface area (Å²) in [4.78, 5) is 8.64. The topological polar surface area (TPSA) is 119 Å². The third kappa shape index (κ3) is 4.35. The number of anilines is 1. The maximum absolute atomic E-state index is 11.7. The van der Waals surface area contributed by atoms with Crippen LogP contribution in [-0.2, 0) is 10.0 Å². The Hall–Kier alpha value is -3.21. The summed E-state index contributed by atoms with van der Waals surface area (Å²) in [6.07, 6.45) is 4.77. The minimum absolute atomic E-state index is 0.00489. The normalized spacial score (nSPS) is 18.1. The highest BCUT2D eigenvalue weighted by atomic mass is 32.2. The molecular weight excluding hydrogens is 422 g/mol. The fourth-order valence-corrected chi connectivity index (χ4v) is 4.30. The molecule has 0 spiro atoms. The number of primary sulfonamides is 1. The molecule has 0 fully saturated rings. The molecule has 2 aromatic carbocycles. The van der Waals surface area contributed by atoms with Gasteiger partial charge in [0.1, 0.15) is 5.69 Å². The van der Waals surface area contributed by atoms with Gasteiger partial charge in [-0.3, -0.25) is 0 Å². The molecule has 30 heavy (non-hydrogen) atoms. The molecule has 1 aromatic heterocycles. The molecule has 0 radical (unpaired) electrons. The van der Waals surface area contributed by atoms with Crippen molar-refractivity contribution in [1.82, 2.24) is 10.3 Å². The van der Waals surface area contributed by atoms with Crippen LogP contribution in [0.1, 0.15) is 5.01 Å². The van der Waals surface area contributed by atoms with Crippen molar-refractivity contribution < 1.29 is 13.2 Å². The van der Waals surface area contributed by atoms with E-state index in [0.717, 1.165) is 16.3 Å². The van der Waals surface area contributed by atoms with Crippen LogP contribution in [0.15, 0.2) is 76.8 Å². The molecule has 0 amide bonds. The van der Waals surface area contributed by atoms with Crippen LogP contribution in [0.25, 0.3) is 11.3 Å². The molecule has 8 nitrogen and oxygen atoms in total. The summed E-state index contributed by atoms with van der Waals surface area (Å²) < 4.78 is 29.8. The number of nitrogens with two attached hydrogens (primary N) is 1. The van der Waals surface area contributed by atoms with Gasteiger partial charge < -0.3 is 15.4 Å². The molecule has 3 aromatic rings. The van der Waals surface area contributed by atoms with Gasteiger partial charge in [0.25, 0.3) is 5.85 Å². The summed E-state index contributed by atoms with van der Waals surface area (Å²) >= 11 is 1.41. The zero-order valence-corrected chi connectivity index (χ0v) is 17.6. The molecule has 154 valence electrons. The second-order valence-corrected chi connectivity index (χ2v) is 9.24. The molecule has 4 rings (SSSR count). The van der Waals surface area contributed by atoms with Crippen molar-refractivity contribution in [3.8, 4) is 16.3 Å². The minimum atomic E-state index is -3.84. The van der Waals surface area contributed by atoms with Crippen LogP contribution in [0.2, 0.25) is 0 Å². The minimum Gasteiger partial charge on any atom is -0.434 e. The summed E-state index contributed by atoms with van der Waals surface area (Å²) in [5, 5.41) is 13.0. The summed E-state index contributed by atoms with van der Waals surface area (Å²) in [6, 6.07) is 15.9. The Labute approximate surface area is 178 Å². The average molecular weight is 442 g/mol. The number of sulfonamides is 1. The largest absolute Gasteiger partial charge is 0.434 e. The van der Waals surface area contributed by atoms with Gasteiger partial charge in [-0.25, -0.2) is 23.5 Å². The predicted molar refractivity (Wildman–Crippen MR) is 118 cm³/mol. The number of aryl methyl sites for hydroxylation is 1. The monoisotopic (exact) mass is 441 g/mol. The first-order valence-electron chi connectivity index (χ1n) is 8.95. The molecule has 1 aliphatic heterocycles. The second kappa shape index (κ2) is 7.90. The van der Waals surface area contributed by atoms with Crippen molar-refractivity contribution in [3.05, 3.63) is 71.9 Å². The van der Waals surface area contributed by atoms with E-state index in [1.807, 2.05) is 37.3 Å². The fraction of sp³-hybridized carbons (Fsp3) is 0.100. The lowest BCUT2D eigenvalue weighted by molar-refractivity contribution is 0.140. The quantitative estimate of drug-likeness (QED) is 0.506. The van der Waals surface area contributed by atoms with Crippen molar-refractivity contribution in [2.24, 2.45) is 10.1 Å². The highest BCUT2D eigenvalue weighted by Gasteiger charge is 2.32. The SMILES string of the molecule is Cc1nc(-c2ccccc2)c(OC2(Nc3cccc(S(N)(=O)=O)c3)C=CN=CN2)s1. The van der Waals surface area contributed by atoms with Gasteiger partial charge in [0, 0.05) is 23.5 Å². The number of ether oxygens (including phenoxy) is 1. The summed E-state index contributed by atoms with van der Waals surface area (Å²) in [5.41, 5.74) is 2.14. The van der Waals surface area contributed by atoms with E-state index in [1.165, 1.54) is 29.8 Å². The highest BCUT2D eigenvalue weighted by molar-refractivity contribution is 7.89. The first-order valence-corrected chi connectivity index (χ1v) is 11.3. The first-order chi connectivity index (χ1) is 14.3. The molecule has 1 unspecified atom stereocenters. The molecule has 1 atom stereocenters. The molecule has 10 heteroatoms. The van der Waals surface area contributed by atoms with Crippen LogP contribution >= 0.6 is 11.3 Å². The van der Waals surface area contributed by atoms with Crippen molar-refractivity contribution in [2.75, 3.05) is 5.32 Å². The Morgan fingerprint density at radius 1 is 1.17 bits per heavy atom. The van der Waals surface area contributed by atoms with Gasteiger partial charge in [0.2, 0.25) is 15.1 Å². The predicted octanol–water partition coefficient (Wildman–Crippen LogP) is 3.06. The fourth-order valence-electron chi connectivity index (χ4n) is 2.91. The number of aliphatic imine (C=N–C) groups is 1. The van der Waals surface area contributed by atoms with Crippen molar-refractivity contribution >= 4 is 33.4 Å². The third-order valence-corrected chi connectivity index (χ3v) is 6.01. The van der Waals surface area contributed by atoms with Crippen LogP contribution < -0.4 is 20.5 Å². The summed E-state index contributed by atoms with van der Waals surface area (Å²) in [6.45, 7) is 1.91. The van der Waals surface area contributed by atoms with Gasteiger partial charge in [-0.05, 0) is 25.1 Å². The van der Waals surface area contributed by atoms with E-state index >= 15 is 0 Å². The molecule has 4 N–H and O–H groups in total. The summed E-state index contributed by atoms with van der Waals surface area (Å²) in [5.74, 6) is -1.21. The van der Waals surface area contributed by atoms with E-state index in [0.29, 0.717) is 10.8 Å². The maximum Gasteiger partial charge on any atom is 0.283 e. The molecule has 0 saturated heterocycles. The number of nitrogens with zero attached hydrogens (tertiary/aromatic N) is 2. The van der Waals surface area contributed by atoms with Gasteiger partial charge in [0.15, 0.2) is 0 Å². The van der Waals surface area contributed by atoms with Gasteiger partial charge in [-0.1, -0.05) is 47.7 Å². The van der Waals surface area contributed by atoms with Crippen LogP contribution in [-0.4, -0.2) is 25.6 Å². The molecule has 1 aliphatic rings. The van der Waals surface area contributed by atoms with Crippen LogP contribution in [0, 0.1) is 6.92 Å². The lowest BCUT2D eigenvalue weighted by Gasteiger charge is -2.33. The van der Waals surface area contributed by atoms with E-state index in [-0.39, 0.29) is 4.90 Å². The highest BCUT2D eigenvalue weighted by Crippen LogP contribution is 2.37. The Kier molecular flexibility index (Phi) is 5.29. The number of rotatable bonds is 6. The number of thiazole rings is 1. The maximum atomic E-state index is 11.7. The van der Waals surface area contributed by atoms with Crippen molar-refractivity contribution in [3.63, 3.8) is 0 Å². The Morgan fingerprint density at radius 2 is 1.97 bits per heavy atom. The molecule has 0 aliphatic carbocycles. The first kappa shape index (κ1) is 20.1. The number of hydrogen-bond acceptors (Lipinski definition) is 8. The standard InChI is InChI=1S/C20H19N5O3S2/c1-14-24-18(15-6-3-2-4-7-15)19(29-14)28-20(10-11-22-13-23-20)25-16-8-5-9-17(12-16)30(21,26)27/h2-13,25H,1H3,(H,22,23)(H2,21,26,27). The number of nitrogens with one attached hydrogen (secondary N) is 2. The van der Waals surface area contributed by atoms with E-state index in [4.69, 9.17) is 9.88 Å². The van der Waals surface area contributed by atoms with Crippen LogP contribution in [0.3, 0.4) is 0 Å². The molecular formula is C20H19N5O3S2. The Balaban J connectivity index is 1.70. The van der Waals surface area contributed by atoms with Crippen molar-refractivity contribution in [2.45, 2.75) is 17.7 Å². The number of aromatic nitrogens is 1. The zero-order valence-electron chi connectivity index (χ0n) is 15.9. The number of hydrogen-bond donors (Lipinski definition) is 3. The Bertz CT molecular complexity index is 1220. The molecule has 2 heterocycles. The lowest BCUT2D eigenvalue weighted by atomic mass is 10.2. The smallest absolute Gasteiger partial charge is 0.283 e. The third-order valence-electron chi connectivity index (χ3n) is 4.25. The van der Waals surface area contributed by atoms with Crippen molar-refractivity contribution in [1.29, 1.82) is 0 Å². The van der Waals surface area contributed by atoms with Gasteiger partial charge >= 0.3 is 0 Å². The van der Waals surface area contributed by atoms with E-state index in [1.54, 1.807) is 24.4 Å². The van der Waals surface area contributed by atoms with Gasteiger partial charge in [0.05, 0.1) is 16.2 Å². The number of benzene rings is 2. The second-order valence-electron chi connectivity index (χ2n) is 6.51. The van der Waals surface area contributed by atoms with Gasteiger partial charge in [-0.2, -0.15) is 0 Å². The van der Waals surface area contributed by atoms with E-state index in [2.05, 4.69) is 20.6 Å². The molecule has 0 saturated carbocycles. The lowest BCUT2D eigenvalue weighted by Crippen LogP contribution is -2.55. The van der Waals surface area contributed by atoms with Crippen LogP contribution in [0.5, 0.6) is 5.06 Å². The van der Waals surface area contributed by atoms with Crippen LogP contribution in [0.4, 0.5) is 5.69 Å². The van der Waals surface area contributed by atoms with E-state index < -0.39 is 15.9 Å².